The second kappa shape index (κ2) is 7.94. The zero-order chi connectivity index (χ0) is 16.9. The molecule has 0 amide bonds. The van der Waals surface area contributed by atoms with Crippen LogP contribution in [0.5, 0.6) is 5.75 Å². The number of rotatable bonds is 6. The van der Waals surface area contributed by atoms with E-state index in [4.69, 9.17) is 22.1 Å². The van der Waals surface area contributed by atoms with E-state index in [-0.39, 0.29) is 0 Å². The third-order valence-electron chi connectivity index (χ3n) is 4.34. The van der Waals surface area contributed by atoms with Crippen molar-refractivity contribution in [3.63, 3.8) is 0 Å². The van der Waals surface area contributed by atoms with Crippen LogP contribution in [0.4, 0.5) is 0 Å². The van der Waals surface area contributed by atoms with Gasteiger partial charge in [0.1, 0.15) is 11.6 Å². The lowest BCUT2D eigenvalue weighted by Crippen LogP contribution is -2.22. The summed E-state index contributed by atoms with van der Waals surface area (Å²) in [6.45, 7) is 5.28. The molecule has 0 saturated heterocycles. The molecule has 5 nitrogen and oxygen atoms in total. The average Bonchev–Trinajstić information content (AvgIpc) is 2.75. The number of aryl methyl sites for hydroxylation is 1. The van der Waals surface area contributed by atoms with Crippen LogP contribution < -0.4 is 4.74 Å². The molecule has 2 heterocycles. The molecule has 24 heavy (non-hydrogen) atoms. The maximum absolute atomic E-state index is 5.62. The Labute approximate surface area is 148 Å². The number of ether oxygens (including phenoxy) is 1. The van der Waals surface area contributed by atoms with Crippen LogP contribution in [-0.2, 0) is 26.2 Å². The van der Waals surface area contributed by atoms with Crippen LogP contribution in [0.15, 0.2) is 24.3 Å². The first kappa shape index (κ1) is 17.2. The molecule has 0 N–H and O–H groups in total. The molecule has 0 atom stereocenters. The molecular weight excluding hydrogens is 320 g/mol. The molecule has 1 aromatic heterocycles. The van der Waals surface area contributed by atoms with Gasteiger partial charge in [-0.15, -0.1) is 0 Å². The van der Waals surface area contributed by atoms with Gasteiger partial charge in [0.15, 0.2) is 4.77 Å². The molecule has 1 aliphatic heterocycles. The van der Waals surface area contributed by atoms with Crippen molar-refractivity contribution in [3.05, 3.63) is 40.4 Å². The summed E-state index contributed by atoms with van der Waals surface area (Å²) in [7, 11) is 2.10. The van der Waals surface area contributed by atoms with Gasteiger partial charge in [-0.05, 0) is 56.7 Å². The first-order valence-electron chi connectivity index (χ1n) is 8.74. The van der Waals surface area contributed by atoms with Gasteiger partial charge in [-0.2, -0.15) is 5.10 Å². The predicted octanol–water partition coefficient (Wildman–Crippen LogP) is 3.63. The van der Waals surface area contributed by atoms with Gasteiger partial charge in [0.05, 0.1) is 13.3 Å². The fourth-order valence-corrected chi connectivity index (χ4v) is 3.46. The zero-order valence-electron chi connectivity index (χ0n) is 14.6. The van der Waals surface area contributed by atoms with Crippen molar-refractivity contribution in [1.29, 1.82) is 0 Å². The van der Waals surface area contributed by atoms with Crippen molar-refractivity contribution in [2.75, 3.05) is 13.7 Å². The average molecular weight is 347 g/mol. The fourth-order valence-electron chi connectivity index (χ4n) is 3.17. The Hall–Kier alpha value is -1.66. The molecule has 0 spiro atoms. The van der Waals surface area contributed by atoms with E-state index in [1.807, 2.05) is 23.7 Å². The highest BCUT2D eigenvalue weighted by Crippen LogP contribution is 2.16. The van der Waals surface area contributed by atoms with Crippen molar-refractivity contribution in [3.8, 4) is 5.75 Å². The Morgan fingerprint density at radius 3 is 2.75 bits per heavy atom. The molecule has 6 heteroatoms. The number of fused-ring (bicyclic) bond motifs is 1. The Kier molecular flexibility index (Phi) is 5.68. The molecule has 1 aromatic carbocycles. The molecule has 0 aliphatic carbocycles. The topological polar surface area (TPSA) is 35.2 Å². The van der Waals surface area contributed by atoms with Crippen molar-refractivity contribution in [2.45, 2.75) is 52.4 Å². The molecule has 1 aliphatic rings. The zero-order valence-corrected chi connectivity index (χ0v) is 15.4. The van der Waals surface area contributed by atoms with Gasteiger partial charge in [0.2, 0.25) is 0 Å². The second-order valence-corrected chi connectivity index (χ2v) is 6.76. The van der Waals surface area contributed by atoms with Crippen LogP contribution in [0, 0.1) is 4.77 Å². The van der Waals surface area contributed by atoms with E-state index in [9.17, 15) is 0 Å². The van der Waals surface area contributed by atoms with Gasteiger partial charge in [-0.1, -0.05) is 18.6 Å². The summed E-state index contributed by atoms with van der Waals surface area (Å²) >= 11 is 5.62. The summed E-state index contributed by atoms with van der Waals surface area (Å²) in [5.74, 6) is 2.07. The number of aromatic nitrogens is 3. The summed E-state index contributed by atoms with van der Waals surface area (Å²) in [4.78, 5) is 2.23. The van der Waals surface area contributed by atoms with Crippen LogP contribution in [0.3, 0.4) is 0 Å². The van der Waals surface area contributed by atoms with Gasteiger partial charge < -0.3 is 9.30 Å². The number of hydrogen-bond donors (Lipinski definition) is 0. The van der Waals surface area contributed by atoms with Crippen LogP contribution in [0.2, 0.25) is 0 Å². The minimum Gasteiger partial charge on any atom is -0.494 e. The SMILES string of the molecule is CCOc1ccc(CN(C)Cn2nc3n(c2=S)CCCCC3)cc1. The summed E-state index contributed by atoms with van der Waals surface area (Å²) in [5, 5.41) is 4.74. The van der Waals surface area contributed by atoms with Gasteiger partial charge in [-0.3, -0.25) is 4.90 Å². The fraction of sp³-hybridized carbons (Fsp3) is 0.556. The van der Waals surface area contributed by atoms with E-state index >= 15 is 0 Å². The Morgan fingerprint density at radius 2 is 2.00 bits per heavy atom. The lowest BCUT2D eigenvalue weighted by atomic mass is 10.2. The summed E-state index contributed by atoms with van der Waals surface area (Å²) < 4.78 is 10.5. The van der Waals surface area contributed by atoms with E-state index in [0.29, 0.717) is 13.3 Å². The van der Waals surface area contributed by atoms with Crippen molar-refractivity contribution in [1.82, 2.24) is 19.2 Å². The largest absolute Gasteiger partial charge is 0.494 e. The van der Waals surface area contributed by atoms with E-state index in [0.717, 1.165) is 35.9 Å². The summed E-state index contributed by atoms with van der Waals surface area (Å²) in [5.41, 5.74) is 1.26. The first-order valence-corrected chi connectivity index (χ1v) is 9.15. The van der Waals surface area contributed by atoms with Crippen LogP contribution >= 0.6 is 12.2 Å². The minimum atomic E-state index is 0.697. The van der Waals surface area contributed by atoms with Gasteiger partial charge >= 0.3 is 0 Å². The lowest BCUT2D eigenvalue weighted by Gasteiger charge is -2.16. The van der Waals surface area contributed by atoms with Crippen LogP contribution in [0.25, 0.3) is 0 Å². The normalized spacial score (nSPS) is 14.5. The molecule has 0 unspecified atom stereocenters. The summed E-state index contributed by atoms with van der Waals surface area (Å²) in [6.07, 6.45) is 4.73. The molecule has 3 rings (SSSR count). The van der Waals surface area contributed by atoms with E-state index in [1.54, 1.807) is 0 Å². The quantitative estimate of drug-likeness (QED) is 0.748. The van der Waals surface area contributed by atoms with Crippen LogP contribution in [0.1, 0.15) is 37.6 Å². The van der Waals surface area contributed by atoms with Crippen molar-refractivity contribution in [2.24, 2.45) is 0 Å². The highest BCUT2D eigenvalue weighted by Gasteiger charge is 2.14. The Balaban J connectivity index is 1.64. The second-order valence-electron chi connectivity index (χ2n) is 6.39. The first-order chi connectivity index (χ1) is 11.7. The monoisotopic (exact) mass is 346 g/mol. The number of benzene rings is 1. The molecular formula is C18H26N4OS. The smallest absolute Gasteiger partial charge is 0.199 e. The molecule has 2 aromatic rings. The minimum absolute atomic E-state index is 0.697. The molecule has 130 valence electrons. The Bertz CT molecular complexity index is 720. The van der Waals surface area contributed by atoms with Gasteiger partial charge in [0, 0.05) is 19.5 Å². The predicted molar refractivity (Wildman–Crippen MR) is 97.7 cm³/mol. The van der Waals surface area contributed by atoms with Crippen molar-refractivity contribution >= 4 is 12.2 Å². The molecule has 0 fully saturated rings. The molecule has 0 radical (unpaired) electrons. The third kappa shape index (κ3) is 4.05. The van der Waals surface area contributed by atoms with E-state index in [1.165, 1.54) is 24.8 Å². The number of nitrogens with zero attached hydrogens (tertiary/aromatic N) is 4. The Morgan fingerprint density at radius 1 is 1.21 bits per heavy atom. The maximum Gasteiger partial charge on any atom is 0.199 e. The van der Waals surface area contributed by atoms with Crippen molar-refractivity contribution < 1.29 is 4.74 Å². The van der Waals surface area contributed by atoms with Gasteiger partial charge in [0.25, 0.3) is 0 Å². The lowest BCUT2D eigenvalue weighted by molar-refractivity contribution is 0.243. The summed E-state index contributed by atoms with van der Waals surface area (Å²) in [6, 6.07) is 8.28. The molecule has 0 bridgehead atoms. The maximum atomic E-state index is 5.62. The highest BCUT2D eigenvalue weighted by molar-refractivity contribution is 7.71. The van der Waals surface area contributed by atoms with Crippen LogP contribution in [-0.4, -0.2) is 32.9 Å². The highest BCUT2D eigenvalue weighted by atomic mass is 32.1. The van der Waals surface area contributed by atoms with E-state index < -0.39 is 0 Å². The molecule has 0 saturated carbocycles. The van der Waals surface area contributed by atoms with E-state index in [2.05, 4.69) is 28.6 Å². The number of hydrogen-bond acceptors (Lipinski definition) is 4. The third-order valence-corrected chi connectivity index (χ3v) is 4.77. The standard InChI is InChI=1S/C18H26N4OS/c1-3-23-16-10-8-15(9-11-16)13-20(2)14-22-18(24)21-12-6-4-5-7-17(21)19-22/h8-11H,3-7,12-14H2,1-2H3. The van der Waals surface area contributed by atoms with Gasteiger partial charge in [-0.25, -0.2) is 4.68 Å².